The van der Waals surface area contributed by atoms with Gasteiger partial charge >= 0.3 is 0 Å². The molecule has 0 radical (unpaired) electrons. The van der Waals surface area contributed by atoms with Gasteiger partial charge in [-0.15, -0.1) is 0 Å². The van der Waals surface area contributed by atoms with Gasteiger partial charge in [0.2, 0.25) is 0 Å². The van der Waals surface area contributed by atoms with Crippen LogP contribution in [0.15, 0.2) is 0 Å². The van der Waals surface area contributed by atoms with Crippen molar-refractivity contribution in [1.29, 1.82) is 0 Å². The SMILES string of the molecule is COCCCSCC1CC1. The highest BCUT2D eigenvalue weighted by Gasteiger charge is 2.20. The maximum absolute atomic E-state index is 4.95. The van der Waals surface area contributed by atoms with Crippen LogP contribution >= 0.6 is 11.8 Å². The number of ether oxygens (including phenoxy) is 1. The molecule has 10 heavy (non-hydrogen) atoms. The van der Waals surface area contributed by atoms with E-state index in [1.54, 1.807) is 7.11 Å². The van der Waals surface area contributed by atoms with Gasteiger partial charge in [0.1, 0.15) is 0 Å². The number of hydrogen-bond acceptors (Lipinski definition) is 2. The van der Waals surface area contributed by atoms with Gasteiger partial charge in [-0.05, 0) is 36.7 Å². The van der Waals surface area contributed by atoms with Crippen LogP contribution in [0.4, 0.5) is 0 Å². The summed E-state index contributed by atoms with van der Waals surface area (Å²) >= 11 is 2.08. The summed E-state index contributed by atoms with van der Waals surface area (Å²) < 4.78 is 4.95. The van der Waals surface area contributed by atoms with E-state index >= 15 is 0 Å². The minimum absolute atomic E-state index is 0.928. The molecule has 1 fully saturated rings. The minimum Gasteiger partial charge on any atom is -0.385 e. The van der Waals surface area contributed by atoms with E-state index in [-0.39, 0.29) is 0 Å². The van der Waals surface area contributed by atoms with Crippen LogP contribution in [0.5, 0.6) is 0 Å². The van der Waals surface area contributed by atoms with Crippen LogP contribution in [0, 0.1) is 5.92 Å². The lowest BCUT2D eigenvalue weighted by atomic mass is 10.5. The van der Waals surface area contributed by atoms with E-state index in [0.717, 1.165) is 12.5 Å². The van der Waals surface area contributed by atoms with E-state index in [1.165, 1.54) is 30.8 Å². The van der Waals surface area contributed by atoms with Gasteiger partial charge in [0.25, 0.3) is 0 Å². The smallest absolute Gasteiger partial charge is 0.0470 e. The molecule has 1 saturated carbocycles. The Hall–Kier alpha value is 0.310. The molecule has 1 rings (SSSR count). The third kappa shape index (κ3) is 4.18. The summed E-state index contributed by atoms with van der Waals surface area (Å²) in [7, 11) is 1.77. The average molecular weight is 160 g/mol. The topological polar surface area (TPSA) is 9.23 Å². The van der Waals surface area contributed by atoms with Gasteiger partial charge in [0, 0.05) is 13.7 Å². The third-order valence-electron chi connectivity index (χ3n) is 1.69. The zero-order valence-electron chi connectivity index (χ0n) is 6.64. The molecule has 0 aromatic rings. The third-order valence-corrected chi connectivity index (χ3v) is 2.97. The van der Waals surface area contributed by atoms with Crippen molar-refractivity contribution < 1.29 is 4.74 Å². The molecule has 0 atom stereocenters. The zero-order chi connectivity index (χ0) is 7.23. The first-order valence-corrected chi connectivity index (χ1v) is 5.15. The molecule has 0 heterocycles. The highest BCUT2D eigenvalue weighted by atomic mass is 32.2. The van der Waals surface area contributed by atoms with E-state index in [0.29, 0.717) is 0 Å². The molecule has 2 heteroatoms. The Bertz CT molecular complexity index is 81.3. The van der Waals surface area contributed by atoms with Crippen LogP contribution in [0.25, 0.3) is 0 Å². The second-order valence-electron chi connectivity index (χ2n) is 2.86. The van der Waals surface area contributed by atoms with Crippen LogP contribution < -0.4 is 0 Å². The fraction of sp³-hybridized carbons (Fsp3) is 1.00. The monoisotopic (exact) mass is 160 g/mol. The Kier molecular flexibility index (Phi) is 4.23. The summed E-state index contributed by atoms with van der Waals surface area (Å²) in [5.41, 5.74) is 0. The first-order chi connectivity index (χ1) is 4.93. The fourth-order valence-electron chi connectivity index (χ4n) is 0.840. The minimum atomic E-state index is 0.928. The first-order valence-electron chi connectivity index (χ1n) is 4.00. The quantitative estimate of drug-likeness (QED) is 0.551. The Labute approximate surface area is 67.5 Å². The highest BCUT2D eigenvalue weighted by molar-refractivity contribution is 7.99. The summed E-state index contributed by atoms with van der Waals surface area (Å²) in [6.07, 6.45) is 4.18. The van der Waals surface area contributed by atoms with Crippen molar-refractivity contribution >= 4 is 11.8 Å². The molecule has 0 bridgehead atoms. The molecule has 0 spiro atoms. The number of hydrogen-bond donors (Lipinski definition) is 0. The number of methoxy groups -OCH3 is 1. The van der Waals surface area contributed by atoms with Gasteiger partial charge in [0.15, 0.2) is 0 Å². The Morgan fingerprint density at radius 3 is 2.90 bits per heavy atom. The van der Waals surface area contributed by atoms with Crippen LogP contribution in [0.2, 0.25) is 0 Å². The molecule has 1 nitrogen and oxygen atoms in total. The van der Waals surface area contributed by atoms with Crippen molar-refractivity contribution in [2.24, 2.45) is 5.92 Å². The lowest BCUT2D eigenvalue weighted by Gasteiger charge is -1.98. The molecule has 1 aliphatic carbocycles. The van der Waals surface area contributed by atoms with Crippen molar-refractivity contribution in [2.75, 3.05) is 25.2 Å². The maximum Gasteiger partial charge on any atom is 0.0470 e. The van der Waals surface area contributed by atoms with Gasteiger partial charge in [-0.2, -0.15) is 11.8 Å². The standard InChI is InChI=1S/C8H16OS/c1-9-5-2-6-10-7-8-3-4-8/h8H,2-7H2,1H3. The normalized spacial score (nSPS) is 17.7. The molecule has 1 aliphatic rings. The van der Waals surface area contributed by atoms with E-state index in [2.05, 4.69) is 11.8 Å². The molecule has 0 aromatic heterocycles. The van der Waals surface area contributed by atoms with Gasteiger partial charge in [-0.1, -0.05) is 0 Å². The van der Waals surface area contributed by atoms with Gasteiger partial charge in [-0.3, -0.25) is 0 Å². The molecule has 0 aromatic carbocycles. The summed E-state index contributed by atoms with van der Waals surface area (Å²) in [6.45, 7) is 0.928. The second-order valence-corrected chi connectivity index (χ2v) is 4.01. The van der Waals surface area contributed by atoms with Crippen molar-refractivity contribution in [3.05, 3.63) is 0 Å². The number of rotatable bonds is 6. The van der Waals surface area contributed by atoms with E-state index < -0.39 is 0 Å². The van der Waals surface area contributed by atoms with Crippen LogP contribution in [0.1, 0.15) is 19.3 Å². The highest BCUT2D eigenvalue weighted by Crippen LogP contribution is 2.32. The fourth-order valence-corrected chi connectivity index (χ4v) is 2.00. The molecule has 0 unspecified atom stereocenters. The number of thioether (sulfide) groups is 1. The molecular formula is C8H16OS. The van der Waals surface area contributed by atoms with Gasteiger partial charge < -0.3 is 4.74 Å². The maximum atomic E-state index is 4.95. The molecule has 0 amide bonds. The zero-order valence-corrected chi connectivity index (χ0v) is 7.45. The average Bonchev–Trinajstić information content (AvgIpc) is 2.71. The molecule has 60 valence electrons. The van der Waals surface area contributed by atoms with Crippen LogP contribution in [0.3, 0.4) is 0 Å². The van der Waals surface area contributed by atoms with E-state index in [4.69, 9.17) is 4.74 Å². The second kappa shape index (κ2) is 5.03. The molecule has 0 aliphatic heterocycles. The summed E-state index contributed by atoms with van der Waals surface area (Å²) in [4.78, 5) is 0. The molecular weight excluding hydrogens is 144 g/mol. The summed E-state index contributed by atoms with van der Waals surface area (Å²) in [5.74, 6) is 3.75. The first kappa shape index (κ1) is 8.41. The molecule has 0 saturated heterocycles. The van der Waals surface area contributed by atoms with Gasteiger partial charge in [0.05, 0.1) is 0 Å². The van der Waals surface area contributed by atoms with Crippen molar-refractivity contribution in [3.63, 3.8) is 0 Å². The Morgan fingerprint density at radius 2 is 2.30 bits per heavy atom. The van der Waals surface area contributed by atoms with Crippen molar-refractivity contribution in [2.45, 2.75) is 19.3 Å². The van der Waals surface area contributed by atoms with Crippen molar-refractivity contribution in [3.8, 4) is 0 Å². The largest absolute Gasteiger partial charge is 0.385 e. The summed E-state index contributed by atoms with van der Waals surface area (Å²) in [5, 5.41) is 0. The van der Waals surface area contributed by atoms with Crippen molar-refractivity contribution in [1.82, 2.24) is 0 Å². The predicted octanol–water partition coefficient (Wildman–Crippen LogP) is 2.17. The summed E-state index contributed by atoms with van der Waals surface area (Å²) in [6, 6.07) is 0. The van der Waals surface area contributed by atoms with Crippen LogP contribution in [-0.4, -0.2) is 25.2 Å². The molecule has 0 N–H and O–H groups in total. The Morgan fingerprint density at radius 1 is 1.50 bits per heavy atom. The van der Waals surface area contributed by atoms with E-state index in [9.17, 15) is 0 Å². The van der Waals surface area contributed by atoms with E-state index in [1.807, 2.05) is 0 Å². The Balaban J connectivity index is 1.68. The van der Waals surface area contributed by atoms with Gasteiger partial charge in [-0.25, -0.2) is 0 Å². The lowest BCUT2D eigenvalue weighted by Crippen LogP contribution is -1.91. The van der Waals surface area contributed by atoms with Crippen LogP contribution in [-0.2, 0) is 4.74 Å². The predicted molar refractivity (Wildman–Crippen MR) is 46.5 cm³/mol. The lowest BCUT2D eigenvalue weighted by molar-refractivity contribution is 0.200.